The fraction of sp³-hybridized carbons (Fsp3) is 0.571. The number of unbranched alkanes of at least 4 members (excludes halogenated alkanes) is 2. The van der Waals surface area contributed by atoms with Crippen molar-refractivity contribution in [1.29, 1.82) is 10.5 Å². The molecule has 1 heterocycles. The lowest BCUT2D eigenvalue weighted by atomic mass is 9.97. The average molecular weight is 435 g/mol. The second-order valence-electron chi connectivity index (χ2n) is 7.43. The van der Waals surface area contributed by atoms with E-state index in [4.69, 9.17) is 10.7 Å². The molecule has 3 rings (SSSR count). The van der Waals surface area contributed by atoms with Crippen LogP contribution >= 0.6 is 23.5 Å². The van der Waals surface area contributed by atoms with E-state index in [-0.39, 0.29) is 5.84 Å². The van der Waals surface area contributed by atoms with Gasteiger partial charge in [-0.05, 0) is 42.0 Å². The highest BCUT2D eigenvalue weighted by Gasteiger charge is 2.91. The molecule has 0 saturated heterocycles. The number of nitrogens with zero attached hydrogens (tertiary/aromatic N) is 3. The van der Waals surface area contributed by atoms with Crippen molar-refractivity contribution in [1.82, 2.24) is 0 Å². The minimum atomic E-state index is -1.32. The van der Waals surface area contributed by atoms with E-state index in [9.17, 15) is 19.3 Å². The zero-order chi connectivity index (χ0) is 21.3. The summed E-state index contributed by atoms with van der Waals surface area (Å²) < 4.78 is 26.6. The van der Waals surface area contributed by atoms with Crippen LogP contribution in [0.2, 0.25) is 0 Å². The largest absolute Gasteiger partial charge is 0.386 e. The molecule has 1 saturated carbocycles. The van der Waals surface area contributed by atoms with Crippen LogP contribution in [0.25, 0.3) is 0 Å². The minimum absolute atomic E-state index is 0.129. The van der Waals surface area contributed by atoms with Gasteiger partial charge in [0.05, 0.1) is 12.1 Å². The van der Waals surface area contributed by atoms with Crippen molar-refractivity contribution >= 4 is 29.4 Å². The van der Waals surface area contributed by atoms with E-state index in [0.29, 0.717) is 5.56 Å². The number of fused-ring (bicyclic) bond motifs is 1. The van der Waals surface area contributed by atoms with E-state index in [1.807, 2.05) is 0 Å². The molecule has 1 aromatic rings. The SMILES string of the molecule is CCCCSC1(SCCCC)N=C(N)C2(C#N)C(c3ccc(F)c(F)c3)C12C#N. The van der Waals surface area contributed by atoms with Crippen LogP contribution in [0, 0.1) is 45.1 Å². The van der Waals surface area contributed by atoms with Crippen LogP contribution in [-0.2, 0) is 0 Å². The molecule has 3 atom stereocenters. The van der Waals surface area contributed by atoms with Crippen molar-refractivity contribution < 1.29 is 8.78 Å². The van der Waals surface area contributed by atoms with Gasteiger partial charge in [-0.25, -0.2) is 13.8 Å². The number of nitriles is 2. The Hall–Kier alpha value is -1.77. The third kappa shape index (κ3) is 2.95. The Bertz CT molecular complexity index is 897. The van der Waals surface area contributed by atoms with Gasteiger partial charge in [-0.3, -0.25) is 0 Å². The molecule has 2 aliphatic rings. The van der Waals surface area contributed by atoms with E-state index in [0.717, 1.165) is 49.3 Å². The minimum Gasteiger partial charge on any atom is -0.386 e. The highest BCUT2D eigenvalue weighted by atomic mass is 32.2. The second-order valence-corrected chi connectivity index (χ2v) is 10.3. The highest BCUT2D eigenvalue weighted by molar-refractivity contribution is 8.18. The Kier molecular flexibility index (Phi) is 6.17. The van der Waals surface area contributed by atoms with Gasteiger partial charge in [0.25, 0.3) is 0 Å². The van der Waals surface area contributed by atoms with Crippen LogP contribution in [-0.4, -0.2) is 21.5 Å². The smallest absolute Gasteiger partial charge is 0.175 e. The van der Waals surface area contributed by atoms with Gasteiger partial charge in [-0.15, -0.1) is 23.5 Å². The molecule has 154 valence electrons. The summed E-state index contributed by atoms with van der Waals surface area (Å²) in [6.45, 7) is 4.18. The van der Waals surface area contributed by atoms with Crippen LogP contribution in [0.1, 0.15) is 51.0 Å². The summed E-state index contributed by atoms with van der Waals surface area (Å²) in [7, 11) is 0. The van der Waals surface area contributed by atoms with Gasteiger partial charge in [0.15, 0.2) is 15.8 Å². The standard InChI is InChI=1S/C21H24F2N4S2/c1-3-5-9-28-21(29-10-6-4-2)20(13-25)17(19(20,12-24)18(26)27-21)14-7-8-15(22)16(23)11-14/h7-8,11,17H,3-6,9-10H2,1-2H3,(H2,26,27). The van der Waals surface area contributed by atoms with Crippen molar-refractivity contribution in [3.05, 3.63) is 35.4 Å². The lowest BCUT2D eigenvalue weighted by Gasteiger charge is -2.32. The summed E-state index contributed by atoms with van der Waals surface area (Å²) in [6, 6.07) is 8.22. The van der Waals surface area contributed by atoms with Crippen LogP contribution in [0.3, 0.4) is 0 Å². The normalized spacial score (nSPS) is 28.9. The Morgan fingerprint density at radius 2 is 1.69 bits per heavy atom. The van der Waals surface area contributed by atoms with Gasteiger partial charge in [0.1, 0.15) is 16.7 Å². The number of amidine groups is 1. The Morgan fingerprint density at radius 1 is 1.07 bits per heavy atom. The van der Waals surface area contributed by atoms with Gasteiger partial charge in [-0.2, -0.15) is 10.5 Å². The quantitative estimate of drug-likeness (QED) is 0.428. The van der Waals surface area contributed by atoms with Crippen molar-refractivity contribution in [2.45, 2.75) is 49.7 Å². The maximum atomic E-state index is 14.0. The monoisotopic (exact) mass is 434 g/mol. The number of benzene rings is 1. The van der Waals surface area contributed by atoms with Crippen LogP contribution in [0.15, 0.2) is 23.2 Å². The van der Waals surface area contributed by atoms with Gasteiger partial charge in [-0.1, -0.05) is 32.8 Å². The zero-order valence-electron chi connectivity index (χ0n) is 16.5. The molecule has 1 aromatic carbocycles. The van der Waals surface area contributed by atoms with Crippen molar-refractivity contribution in [3.63, 3.8) is 0 Å². The van der Waals surface area contributed by atoms with E-state index in [1.54, 1.807) is 23.5 Å². The summed E-state index contributed by atoms with van der Waals surface area (Å²) in [4.78, 5) is 4.70. The number of rotatable bonds is 9. The van der Waals surface area contributed by atoms with Gasteiger partial charge in [0.2, 0.25) is 0 Å². The number of thioether (sulfide) groups is 2. The molecule has 29 heavy (non-hydrogen) atoms. The molecule has 0 radical (unpaired) electrons. The number of halogens is 2. The maximum absolute atomic E-state index is 14.0. The Balaban J connectivity index is 2.11. The molecular formula is C21H24F2N4S2. The molecule has 0 spiro atoms. The Morgan fingerprint density at radius 3 is 2.17 bits per heavy atom. The molecule has 8 heteroatoms. The molecule has 1 aliphatic carbocycles. The van der Waals surface area contributed by atoms with Crippen molar-refractivity contribution in [2.24, 2.45) is 21.6 Å². The van der Waals surface area contributed by atoms with Gasteiger partial charge in [0, 0.05) is 5.92 Å². The first-order valence-electron chi connectivity index (χ1n) is 9.81. The summed E-state index contributed by atoms with van der Waals surface area (Å²) >= 11 is 3.11. The molecule has 0 amide bonds. The number of aliphatic imine (C=N–C) groups is 1. The molecule has 0 aromatic heterocycles. The summed E-state index contributed by atoms with van der Waals surface area (Å²) in [5, 5.41) is 20.5. The van der Waals surface area contributed by atoms with Crippen LogP contribution in [0.5, 0.6) is 0 Å². The summed E-state index contributed by atoms with van der Waals surface area (Å²) in [6.07, 6.45) is 3.90. The van der Waals surface area contributed by atoms with E-state index in [1.165, 1.54) is 6.07 Å². The first kappa shape index (κ1) is 21.9. The van der Waals surface area contributed by atoms with Crippen molar-refractivity contribution in [2.75, 3.05) is 11.5 Å². The molecule has 1 aliphatic heterocycles. The summed E-state index contributed by atoms with van der Waals surface area (Å²) in [5.41, 5.74) is 4.18. The predicted octanol–water partition coefficient (Wildman–Crippen LogP) is 5.17. The van der Waals surface area contributed by atoms with E-state index >= 15 is 0 Å². The third-order valence-electron chi connectivity index (χ3n) is 5.80. The molecule has 4 nitrogen and oxygen atoms in total. The average Bonchev–Trinajstić information content (AvgIpc) is 3.29. The molecule has 1 fully saturated rings. The lowest BCUT2D eigenvalue weighted by Crippen LogP contribution is -2.32. The fourth-order valence-corrected chi connectivity index (χ4v) is 7.94. The van der Waals surface area contributed by atoms with Crippen molar-refractivity contribution in [3.8, 4) is 12.1 Å². The third-order valence-corrected chi connectivity index (χ3v) is 9.10. The highest BCUT2D eigenvalue weighted by Crippen LogP contribution is 2.85. The van der Waals surface area contributed by atoms with Crippen LogP contribution in [0.4, 0.5) is 8.78 Å². The number of nitrogens with two attached hydrogens (primary N) is 1. The molecule has 2 N–H and O–H groups in total. The van der Waals surface area contributed by atoms with E-state index < -0.39 is 32.6 Å². The maximum Gasteiger partial charge on any atom is 0.175 e. The van der Waals surface area contributed by atoms with Gasteiger partial charge < -0.3 is 5.73 Å². The fourth-order valence-electron chi connectivity index (χ4n) is 4.26. The van der Waals surface area contributed by atoms with E-state index in [2.05, 4.69) is 26.0 Å². The lowest BCUT2D eigenvalue weighted by molar-refractivity contribution is 0.505. The Labute approximate surface area is 178 Å². The zero-order valence-corrected chi connectivity index (χ0v) is 18.2. The first-order chi connectivity index (χ1) is 13.9. The summed E-state index contributed by atoms with van der Waals surface area (Å²) in [5.74, 6) is -0.903. The molecule has 0 bridgehead atoms. The second kappa shape index (κ2) is 8.16. The predicted molar refractivity (Wildman–Crippen MR) is 114 cm³/mol. The van der Waals surface area contributed by atoms with Crippen LogP contribution < -0.4 is 5.73 Å². The first-order valence-corrected chi connectivity index (χ1v) is 11.8. The van der Waals surface area contributed by atoms with Gasteiger partial charge >= 0.3 is 0 Å². The number of hydrogen-bond donors (Lipinski definition) is 1. The number of hydrogen-bond acceptors (Lipinski definition) is 6. The molecule has 3 unspecified atom stereocenters. The molecular weight excluding hydrogens is 410 g/mol. The topological polar surface area (TPSA) is 86.0 Å².